The number of rotatable bonds is 7. The fourth-order valence-corrected chi connectivity index (χ4v) is 5.58. The molecule has 0 bridgehead atoms. The number of imidazole rings is 1. The van der Waals surface area contributed by atoms with Gasteiger partial charge >= 0.3 is 0 Å². The first-order chi connectivity index (χ1) is 16.5. The van der Waals surface area contributed by atoms with Crippen LogP contribution in [0.4, 0.5) is 0 Å². The van der Waals surface area contributed by atoms with Crippen molar-refractivity contribution < 1.29 is 4.74 Å². The summed E-state index contributed by atoms with van der Waals surface area (Å²) in [5, 5.41) is 0. The number of ether oxygens (including phenoxy) is 1. The zero-order valence-electron chi connectivity index (χ0n) is 20.2. The predicted molar refractivity (Wildman–Crippen MR) is 146 cm³/mol. The molecule has 1 aliphatic heterocycles. The molecule has 1 fully saturated rings. The molecule has 0 N–H and O–H groups in total. The van der Waals surface area contributed by atoms with E-state index >= 15 is 0 Å². The van der Waals surface area contributed by atoms with Crippen molar-refractivity contribution in [1.82, 2.24) is 24.3 Å². The number of aromatic nitrogens is 4. The van der Waals surface area contributed by atoms with Gasteiger partial charge in [-0.25, -0.2) is 9.97 Å². The molecule has 1 aliphatic rings. The molecule has 3 aromatic heterocycles. The van der Waals surface area contributed by atoms with Gasteiger partial charge in [0.25, 0.3) is 0 Å². The zero-order chi connectivity index (χ0) is 23.7. The lowest BCUT2D eigenvalue weighted by molar-refractivity contribution is 0.203. The molecule has 1 saturated heterocycles. The molecule has 0 saturated carbocycles. The maximum absolute atomic E-state index is 5.93. The van der Waals surface area contributed by atoms with Crippen molar-refractivity contribution in [3.8, 4) is 17.0 Å². The van der Waals surface area contributed by atoms with Crippen molar-refractivity contribution in [3.63, 3.8) is 0 Å². The fraction of sp³-hybridized carbons (Fsp3) is 0.444. The van der Waals surface area contributed by atoms with E-state index in [2.05, 4.69) is 75.8 Å². The minimum atomic E-state index is 0.322. The molecule has 5 rings (SSSR count). The van der Waals surface area contributed by atoms with Gasteiger partial charge in [-0.3, -0.25) is 9.38 Å². The number of hydrogen-bond donors (Lipinski definition) is 0. The van der Waals surface area contributed by atoms with E-state index in [0.29, 0.717) is 18.4 Å². The Bertz CT molecular complexity index is 1290. The van der Waals surface area contributed by atoms with Crippen LogP contribution >= 0.6 is 22.6 Å². The second-order valence-corrected chi connectivity index (χ2v) is 10.7. The molecule has 0 unspecified atom stereocenters. The Kier molecular flexibility index (Phi) is 7.01. The highest BCUT2D eigenvalue weighted by Gasteiger charge is 2.16. The highest BCUT2D eigenvalue weighted by molar-refractivity contribution is 14.1. The van der Waals surface area contributed by atoms with Gasteiger partial charge in [0.05, 0.1) is 35.0 Å². The summed E-state index contributed by atoms with van der Waals surface area (Å²) in [7, 11) is 0. The Morgan fingerprint density at radius 3 is 2.59 bits per heavy atom. The third-order valence-electron chi connectivity index (χ3n) is 6.64. The van der Waals surface area contributed by atoms with Gasteiger partial charge in [0.2, 0.25) is 5.88 Å². The molecule has 0 amide bonds. The van der Waals surface area contributed by atoms with Gasteiger partial charge in [-0.2, -0.15) is 0 Å². The monoisotopic (exact) mass is 569 g/mol. The molecule has 178 valence electrons. The molecule has 1 aromatic carbocycles. The van der Waals surface area contributed by atoms with Gasteiger partial charge in [-0.15, -0.1) is 0 Å². The van der Waals surface area contributed by atoms with E-state index in [1.807, 2.05) is 18.5 Å². The second kappa shape index (κ2) is 10.2. The van der Waals surface area contributed by atoms with Crippen LogP contribution in [0.25, 0.3) is 27.7 Å². The molecular formula is C27H32IN5O. The van der Waals surface area contributed by atoms with Crippen molar-refractivity contribution >= 4 is 39.1 Å². The van der Waals surface area contributed by atoms with Gasteiger partial charge < -0.3 is 9.64 Å². The van der Waals surface area contributed by atoms with Crippen LogP contribution in [-0.4, -0.2) is 50.5 Å². The smallest absolute Gasteiger partial charge is 0.213 e. The van der Waals surface area contributed by atoms with Crippen LogP contribution in [0.2, 0.25) is 0 Å². The first-order valence-corrected chi connectivity index (χ1v) is 13.4. The van der Waals surface area contributed by atoms with E-state index in [1.165, 1.54) is 32.4 Å². The van der Waals surface area contributed by atoms with E-state index < -0.39 is 0 Å². The maximum atomic E-state index is 5.93. The second-order valence-electron chi connectivity index (χ2n) is 9.50. The standard InChI is InChI=1S/C27H32IN5O/c1-18(2)27-31-19(3)25-17-29-23-15-22(28)21(14-24(23)33(25)27)20-8-9-26(30-16-20)34-13-7-12-32-10-5-4-6-11-32/h8-9,14-18H,4-7,10-13H2,1-3H3. The predicted octanol–water partition coefficient (Wildman–Crippen LogP) is 6.24. The number of likely N-dealkylation sites (tertiary alicyclic amines) is 1. The highest BCUT2D eigenvalue weighted by Crippen LogP contribution is 2.32. The molecule has 6 nitrogen and oxygen atoms in total. The van der Waals surface area contributed by atoms with Crippen molar-refractivity contribution in [2.45, 2.75) is 52.4 Å². The van der Waals surface area contributed by atoms with Crippen molar-refractivity contribution in [1.29, 1.82) is 0 Å². The SMILES string of the molecule is Cc1nc(C(C)C)n2c1cnc1cc(I)c(-c3ccc(OCCCN4CCCCC4)nc3)cc12. The summed E-state index contributed by atoms with van der Waals surface area (Å²) in [4.78, 5) is 16.7. The van der Waals surface area contributed by atoms with Crippen LogP contribution < -0.4 is 4.74 Å². The van der Waals surface area contributed by atoms with Gasteiger partial charge in [0.1, 0.15) is 5.82 Å². The summed E-state index contributed by atoms with van der Waals surface area (Å²) >= 11 is 2.39. The molecule has 0 spiro atoms. The number of halogens is 1. The average molecular weight is 569 g/mol. The summed E-state index contributed by atoms with van der Waals surface area (Å²) in [6.45, 7) is 10.7. The van der Waals surface area contributed by atoms with E-state index in [0.717, 1.165) is 55.7 Å². The molecule has 34 heavy (non-hydrogen) atoms. The highest BCUT2D eigenvalue weighted by atomic mass is 127. The summed E-state index contributed by atoms with van der Waals surface area (Å²) in [6.07, 6.45) is 8.93. The number of nitrogens with zero attached hydrogens (tertiary/aromatic N) is 5. The number of piperidine rings is 1. The lowest BCUT2D eigenvalue weighted by Gasteiger charge is -2.26. The molecule has 4 heterocycles. The zero-order valence-corrected chi connectivity index (χ0v) is 22.4. The first-order valence-electron chi connectivity index (χ1n) is 12.3. The lowest BCUT2D eigenvalue weighted by atomic mass is 10.1. The Morgan fingerprint density at radius 2 is 1.85 bits per heavy atom. The van der Waals surface area contributed by atoms with Crippen LogP contribution in [0.5, 0.6) is 5.88 Å². The van der Waals surface area contributed by atoms with E-state index in [1.54, 1.807) is 0 Å². The summed E-state index contributed by atoms with van der Waals surface area (Å²) in [6, 6.07) is 8.46. The average Bonchev–Trinajstić information content (AvgIpc) is 3.19. The topological polar surface area (TPSA) is 55.6 Å². The van der Waals surface area contributed by atoms with Gasteiger partial charge in [-0.05, 0) is 85.6 Å². The minimum absolute atomic E-state index is 0.322. The molecule has 0 radical (unpaired) electrons. The molecule has 4 aromatic rings. The Balaban J connectivity index is 1.37. The number of hydrogen-bond acceptors (Lipinski definition) is 5. The van der Waals surface area contributed by atoms with Gasteiger partial charge in [-0.1, -0.05) is 20.3 Å². The van der Waals surface area contributed by atoms with Crippen LogP contribution in [-0.2, 0) is 0 Å². The van der Waals surface area contributed by atoms with Crippen LogP contribution in [0, 0.1) is 10.5 Å². The van der Waals surface area contributed by atoms with Gasteiger partial charge in [0.15, 0.2) is 0 Å². The molecular weight excluding hydrogens is 537 g/mol. The summed E-state index contributed by atoms with van der Waals surface area (Å²) in [5.74, 6) is 2.08. The summed E-state index contributed by atoms with van der Waals surface area (Å²) < 4.78 is 9.34. The Morgan fingerprint density at radius 1 is 1.03 bits per heavy atom. The maximum Gasteiger partial charge on any atom is 0.213 e. The van der Waals surface area contributed by atoms with Crippen LogP contribution in [0.15, 0.2) is 36.7 Å². The molecule has 0 atom stereocenters. The Hall–Kier alpha value is -2.26. The number of benzene rings is 1. The Labute approximate surface area is 214 Å². The lowest BCUT2D eigenvalue weighted by Crippen LogP contribution is -2.31. The normalized spacial score (nSPS) is 15.0. The van der Waals surface area contributed by atoms with E-state index in [9.17, 15) is 0 Å². The third-order valence-corrected chi connectivity index (χ3v) is 7.53. The largest absolute Gasteiger partial charge is 0.478 e. The number of aryl methyl sites for hydroxylation is 1. The quantitative estimate of drug-likeness (QED) is 0.195. The van der Waals surface area contributed by atoms with Crippen LogP contribution in [0.1, 0.15) is 57.0 Å². The van der Waals surface area contributed by atoms with E-state index in [4.69, 9.17) is 14.7 Å². The third kappa shape index (κ3) is 4.77. The van der Waals surface area contributed by atoms with Crippen molar-refractivity contribution in [2.24, 2.45) is 0 Å². The van der Waals surface area contributed by atoms with Crippen LogP contribution in [0.3, 0.4) is 0 Å². The number of fused-ring (bicyclic) bond motifs is 3. The van der Waals surface area contributed by atoms with Crippen molar-refractivity contribution in [2.75, 3.05) is 26.2 Å². The summed E-state index contributed by atoms with van der Waals surface area (Å²) in [5.41, 5.74) is 6.35. The molecule has 7 heteroatoms. The molecule has 0 aliphatic carbocycles. The number of pyridine rings is 1. The minimum Gasteiger partial charge on any atom is -0.478 e. The van der Waals surface area contributed by atoms with E-state index in [-0.39, 0.29) is 0 Å². The van der Waals surface area contributed by atoms with Gasteiger partial charge in [0, 0.05) is 33.9 Å². The van der Waals surface area contributed by atoms with Crippen molar-refractivity contribution in [3.05, 3.63) is 51.7 Å². The first kappa shape index (κ1) is 23.5. The fourth-order valence-electron chi connectivity index (χ4n) is 4.81.